The molecule has 3 heterocycles. The van der Waals surface area contributed by atoms with Crippen molar-refractivity contribution in [3.8, 4) is 0 Å². The Labute approximate surface area is 161 Å². The lowest BCUT2D eigenvalue weighted by molar-refractivity contribution is 0.411. The van der Waals surface area contributed by atoms with Gasteiger partial charge in [0.05, 0.1) is 17.4 Å². The molecule has 0 fully saturated rings. The molecule has 0 saturated carbocycles. The van der Waals surface area contributed by atoms with Crippen molar-refractivity contribution in [2.45, 2.75) is 33.4 Å². The first-order chi connectivity index (χ1) is 13.0. The summed E-state index contributed by atoms with van der Waals surface area (Å²) in [5.74, 6) is 1.81. The molecule has 0 aliphatic rings. The standard InChI is InChI=1S/C20H23N5OS/c1-12(2)18(16-6-5-9-27-16)21-11-17-22-23-20-24(4)19(26)14-10-13(3)7-8-15(14)25(17)20/h5-10,12,18,21H,11H2,1-4H3. The Hall–Kier alpha value is -2.51. The molecule has 140 valence electrons. The summed E-state index contributed by atoms with van der Waals surface area (Å²) in [6.07, 6.45) is 0. The van der Waals surface area contributed by atoms with Crippen molar-refractivity contribution in [2.24, 2.45) is 13.0 Å². The zero-order valence-corrected chi connectivity index (χ0v) is 16.7. The number of fused-ring (bicyclic) bond motifs is 3. The van der Waals surface area contributed by atoms with Gasteiger partial charge in [-0.1, -0.05) is 31.5 Å². The van der Waals surface area contributed by atoms with Crippen LogP contribution in [0.2, 0.25) is 0 Å². The van der Waals surface area contributed by atoms with E-state index in [4.69, 9.17) is 0 Å². The molecule has 1 N–H and O–H groups in total. The number of benzene rings is 1. The van der Waals surface area contributed by atoms with Gasteiger partial charge in [-0.05, 0) is 36.4 Å². The second-order valence-corrected chi connectivity index (χ2v) is 8.23. The molecular formula is C20H23N5OS. The molecule has 1 atom stereocenters. The second kappa shape index (κ2) is 6.90. The molecule has 6 nitrogen and oxygen atoms in total. The first kappa shape index (κ1) is 17.9. The van der Waals surface area contributed by atoms with Crippen LogP contribution in [0.5, 0.6) is 0 Å². The van der Waals surface area contributed by atoms with Crippen molar-refractivity contribution in [2.75, 3.05) is 0 Å². The predicted molar refractivity (Wildman–Crippen MR) is 109 cm³/mol. The Morgan fingerprint density at radius 1 is 1.22 bits per heavy atom. The number of nitrogens with one attached hydrogen (secondary N) is 1. The molecule has 4 aromatic rings. The van der Waals surface area contributed by atoms with Crippen molar-refractivity contribution in [3.63, 3.8) is 0 Å². The van der Waals surface area contributed by atoms with E-state index < -0.39 is 0 Å². The number of nitrogens with zero attached hydrogens (tertiary/aromatic N) is 4. The average Bonchev–Trinajstić information content (AvgIpc) is 3.30. The van der Waals surface area contributed by atoms with E-state index in [0.29, 0.717) is 23.6 Å². The van der Waals surface area contributed by atoms with Crippen LogP contribution in [-0.4, -0.2) is 19.2 Å². The van der Waals surface area contributed by atoms with Gasteiger partial charge < -0.3 is 5.32 Å². The van der Waals surface area contributed by atoms with Crippen LogP contribution in [0.25, 0.3) is 16.7 Å². The molecule has 1 aromatic carbocycles. The smallest absolute Gasteiger partial charge is 0.262 e. The normalized spacial score (nSPS) is 13.1. The van der Waals surface area contributed by atoms with Gasteiger partial charge in [0.25, 0.3) is 5.56 Å². The molecule has 0 aliphatic carbocycles. The van der Waals surface area contributed by atoms with Gasteiger partial charge in [-0.25, -0.2) is 0 Å². The van der Waals surface area contributed by atoms with Gasteiger partial charge in [0, 0.05) is 18.0 Å². The highest BCUT2D eigenvalue weighted by Gasteiger charge is 2.19. The van der Waals surface area contributed by atoms with E-state index in [2.05, 4.69) is 46.9 Å². The van der Waals surface area contributed by atoms with Crippen LogP contribution in [0.4, 0.5) is 0 Å². The van der Waals surface area contributed by atoms with E-state index in [-0.39, 0.29) is 11.6 Å². The molecule has 4 rings (SSSR count). The summed E-state index contributed by atoms with van der Waals surface area (Å²) in [5.41, 5.74) is 1.86. The molecule has 27 heavy (non-hydrogen) atoms. The topological polar surface area (TPSA) is 64.2 Å². The molecule has 0 radical (unpaired) electrons. The first-order valence-corrected chi connectivity index (χ1v) is 9.95. The van der Waals surface area contributed by atoms with Gasteiger partial charge in [-0.3, -0.25) is 13.8 Å². The fourth-order valence-corrected chi connectivity index (χ4v) is 4.48. The van der Waals surface area contributed by atoms with Gasteiger partial charge in [0.1, 0.15) is 0 Å². The number of hydrogen-bond acceptors (Lipinski definition) is 5. The summed E-state index contributed by atoms with van der Waals surface area (Å²) in [7, 11) is 1.74. The fourth-order valence-electron chi connectivity index (χ4n) is 3.51. The number of thiophene rings is 1. The minimum atomic E-state index is -0.0493. The highest BCUT2D eigenvalue weighted by Crippen LogP contribution is 2.26. The van der Waals surface area contributed by atoms with Gasteiger partial charge in [-0.15, -0.1) is 21.5 Å². The fraction of sp³-hybridized carbons (Fsp3) is 0.350. The summed E-state index contributed by atoms with van der Waals surface area (Å²) < 4.78 is 3.55. The van der Waals surface area contributed by atoms with Crippen molar-refractivity contribution >= 4 is 28.0 Å². The predicted octanol–water partition coefficient (Wildman–Crippen LogP) is 3.44. The van der Waals surface area contributed by atoms with Crippen LogP contribution >= 0.6 is 11.3 Å². The molecule has 0 spiro atoms. The third-order valence-corrected chi connectivity index (χ3v) is 5.89. The third-order valence-electron chi connectivity index (χ3n) is 4.94. The summed E-state index contributed by atoms with van der Waals surface area (Å²) in [4.78, 5) is 14.0. The van der Waals surface area contributed by atoms with Crippen LogP contribution < -0.4 is 10.9 Å². The number of aryl methyl sites for hydroxylation is 2. The zero-order valence-electron chi connectivity index (χ0n) is 15.9. The summed E-state index contributed by atoms with van der Waals surface area (Å²) in [6, 6.07) is 10.4. The molecule has 0 aliphatic heterocycles. The average molecular weight is 382 g/mol. The van der Waals surface area contributed by atoms with Crippen molar-refractivity contribution in [1.82, 2.24) is 24.5 Å². The first-order valence-electron chi connectivity index (χ1n) is 9.07. The minimum absolute atomic E-state index is 0.0493. The van der Waals surface area contributed by atoms with E-state index in [1.807, 2.05) is 29.5 Å². The molecule has 0 saturated heterocycles. The van der Waals surface area contributed by atoms with Gasteiger partial charge in [0.2, 0.25) is 5.78 Å². The van der Waals surface area contributed by atoms with Crippen LogP contribution in [0, 0.1) is 12.8 Å². The highest BCUT2D eigenvalue weighted by molar-refractivity contribution is 7.10. The number of rotatable bonds is 5. The van der Waals surface area contributed by atoms with Crippen LogP contribution in [0.1, 0.15) is 36.2 Å². The molecule has 0 amide bonds. The zero-order chi connectivity index (χ0) is 19.1. The largest absolute Gasteiger partial charge is 0.302 e. The van der Waals surface area contributed by atoms with Crippen molar-refractivity contribution in [1.29, 1.82) is 0 Å². The Morgan fingerprint density at radius 3 is 2.74 bits per heavy atom. The Bertz CT molecular complexity index is 1160. The highest BCUT2D eigenvalue weighted by atomic mass is 32.1. The minimum Gasteiger partial charge on any atom is -0.302 e. The molecule has 3 aromatic heterocycles. The van der Waals surface area contributed by atoms with Gasteiger partial charge >= 0.3 is 0 Å². The summed E-state index contributed by atoms with van der Waals surface area (Å²) >= 11 is 1.76. The maximum absolute atomic E-state index is 12.7. The lowest BCUT2D eigenvalue weighted by Gasteiger charge is -2.21. The third kappa shape index (κ3) is 3.07. The number of hydrogen-bond donors (Lipinski definition) is 1. The summed E-state index contributed by atoms with van der Waals surface area (Å²) in [5, 5.41) is 15.1. The van der Waals surface area contributed by atoms with E-state index >= 15 is 0 Å². The lowest BCUT2D eigenvalue weighted by atomic mass is 10.0. The van der Waals surface area contributed by atoms with E-state index in [1.165, 1.54) is 4.88 Å². The van der Waals surface area contributed by atoms with E-state index in [9.17, 15) is 4.79 Å². The number of aromatic nitrogens is 4. The van der Waals surface area contributed by atoms with Gasteiger partial charge in [0.15, 0.2) is 5.82 Å². The molecule has 7 heteroatoms. The Kier molecular flexibility index (Phi) is 4.57. The molecule has 0 bridgehead atoms. The van der Waals surface area contributed by atoms with Crippen LogP contribution in [0.15, 0.2) is 40.5 Å². The maximum atomic E-state index is 12.7. The van der Waals surface area contributed by atoms with E-state index in [1.54, 1.807) is 23.0 Å². The van der Waals surface area contributed by atoms with Gasteiger partial charge in [-0.2, -0.15) is 0 Å². The van der Waals surface area contributed by atoms with E-state index in [0.717, 1.165) is 16.9 Å². The van der Waals surface area contributed by atoms with Crippen molar-refractivity contribution in [3.05, 3.63) is 62.3 Å². The van der Waals surface area contributed by atoms with Crippen LogP contribution in [-0.2, 0) is 13.6 Å². The SMILES string of the molecule is Cc1ccc2c(c1)c(=O)n(C)c1nnc(CNC(c3cccs3)C(C)C)n21. The lowest BCUT2D eigenvalue weighted by Crippen LogP contribution is -2.26. The summed E-state index contributed by atoms with van der Waals surface area (Å²) in [6.45, 7) is 6.98. The monoisotopic (exact) mass is 381 g/mol. The van der Waals surface area contributed by atoms with Crippen molar-refractivity contribution < 1.29 is 0 Å². The second-order valence-electron chi connectivity index (χ2n) is 7.25. The molecular weight excluding hydrogens is 358 g/mol. The Balaban J connectivity index is 1.79. The molecule has 1 unspecified atom stereocenters. The quantitative estimate of drug-likeness (QED) is 0.575. The Morgan fingerprint density at radius 2 is 2.04 bits per heavy atom. The van der Waals surface area contributed by atoms with Crippen LogP contribution in [0.3, 0.4) is 0 Å². The maximum Gasteiger partial charge on any atom is 0.262 e.